The van der Waals surface area contributed by atoms with Gasteiger partial charge in [-0.1, -0.05) is 110 Å². The van der Waals surface area contributed by atoms with Crippen LogP contribution in [-0.2, 0) is 0 Å². The first-order valence-electron chi connectivity index (χ1n) is 12.0. The zero-order valence-electron chi connectivity index (χ0n) is 19.4. The lowest BCUT2D eigenvalue weighted by molar-refractivity contribution is -0.907. The lowest BCUT2D eigenvalue weighted by atomic mass is 10.0. The van der Waals surface area contributed by atoms with Crippen molar-refractivity contribution >= 4 is 0 Å². The highest BCUT2D eigenvalue weighted by Gasteiger charge is 2.21. The monoisotopic (exact) mass is 401 g/mol. The Kier molecular flexibility index (Phi) is 22.4. The predicted molar refractivity (Wildman–Crippen MR) is 121 cm³/mol. The van der Waals surface area contributed by atoms with E-state index in [1.807, 2.05) is 0 Å². The van der Waals surface area contributed by atoms with Crippen molar-refractivity contribution in [3.8, 4) is 0 Å². The summed E-state index contributed by atoms with van der Waals surface area (Å²) in [6.45, 7) is 9.67. The highest BCUT2D eigenvalue weighted by Crippen LogP contribution is 2.17. The smallest absolute Gasteiger partial charge is 0.0968 e. The van der Waals surface area contributed by atoms with Gasteiger partial charge in [0.25, 0.3) is 0 Å². The van der Waals surface area contributed by atoms with Gasteiger partial charge in [-0.05, 0) is 25.8 Å². The molecule has 0 aromatic heterocycles. The molecule has 0 aromatic carbocycles. The summed E-state index contributed by atoms with van der Waals surface area (Å²) in [7, 11) is 4.66. The van der Waals surface area contributed by atoms with Crippen LogP contribution in [0, 0.1) is 0 Å². The van der Waals surface area contributed by atoms with Gasteiger partial charge < -0.3 is 16.9 Å². The van der Waals surface area contributed by atoms with Crippen LogP contribution in [0.2, 0.25) is 0 Å². The summed E-state index contributed by atoms with van der Waals surface area (Å²) in [6.07, 6.45) is 26.7. The summed E-state index contributed by atoms with van der Waals surface area (Å²) in [5.74, 6) is 0. The van der Waals surface area contributed by atoms with Crippen LogP contribution in [-0.4, -0.2) is 31.2 Å². The Bertz CT molecular complexity index is 301. The van der Waals surface area contributed by atoms with E-state index in [0.29, 0.717) is 0 Å². The van der Waals surface area contributed by atoms with Gasteiger partial charge in [0.15, 0.2) is 0 Å². The molecule has 1 unspecified atom stereocenters. The second-order valence-corrected chi connectivity index (χ2v) is 9.19. The van der Waals surface area contributed by atoms with Crippen LogP contribution in [0.3, 0.4) is 0 Å². The molecule has 0 aliphatic rings. The molecule has 27 heavy (non-hydrogen) atoms. The maximum atomic E-state index is 3.89. The average molecular weight is 402 g/mol. The van der Waals surface area contributed by atoms with Crippen LogP contribution in [0.1, 0.15) is 123 Å². The van der Waals surface area contributed by atoms with E-state index in [2.05, 4.69) is 40.6 Å². The van der Waals surface area contributed by atoms with Crippen molar-refractivity contribution in [1.29, 1.82) is 0 Å². The van der Waals surface area contributed by atoms with Crippen LogP contribution in [0.15, 0.2) is 12.7 Å². The van der Waals surface area contributed by atoms with Gasteiger partial charge in [0, 0.05) is 0 Å². The third-order valence-electron chi connectivity index (χ3n) is 6.27. The molecule has 1 nitrogen and oxygen atoms in total. The Morgan fingerprint density at radius 2 is 1.00 bits per heavy atom. The fourth-order valence-corrected chi connectivity index (χ4v) is 3.85. The van der Waals surface area contributed by atoms with Crippen LogP contribution < -0.4 is 12.4 Å². The Hall–Kier alpha value is -0.0100. The van der Waals surface area contributed by atoms with E-state index in [9.17, 15) is 0 Å². The minimum absolute atomic E-state index is 0. The van der Waals surface area contributed by atoms with Gasteiger partial charge in [0.1, 0.15) is 0 Å². The molecule has 0 rings (SSSR count). The maximum absolute atomic E-state index is 3.89. The van der Waals surface area contributed by atoms with Crippen molar-refractivity contribution in [2.45, 2.75) is 129 Å². The van der Waals surface area contributed by atoms with Crippen molar-refractivity contribution in [1.82, 2.24) is 0 Å². The van der Waals surface area contributed by atoms with Crippen LogP contribution >= 0.6 is 0 Å². The third kappa shape index (κ3) is 19.1. The highest BCUT2D eigenvalue weighted by atomic mass is 35.5. The lowest BCUT2D eigenvalue weighted by Gasteiger charge is -2.35. The fourth-order valence-electron chi connectivity index (χ4n) is 3.85. The second-order valence-electron chi connectivity index (χ2n) is 9.19. The van der Waals surface area contributed by atoms with E-state index in [1.165, 1.54) is 109 Å². The molecule has 0 fully saturated rings. The van der Waals surface area contributed by atoms with Crippen molar-refractivity contribution in [2.24, 2.45) is 0 Å². The molecule has 0 aromatic rings. The van der Waals surface area contributed by atoms with Gasteiger partial charge in [-0.3, -0.25) is 0 Å². The molecule has 0 aliphatic carbocycles. The average Bonchev–Trinajstić information content (AvgIpc) is 2.61. The molecular weight excluding hydrogens is 350 g/mol. The van der Waals surface area contributed by atoms with Crippen LogP contribution in [0.5, 0.6) is 0 Å². The summed E-state index contributed by atoms with van der Waals surface area (Å²) in [6, 6.07) is 0.750. The normalized spacial score (nSPS) is 12.6. The molecule has 2 heteroatoms. The number of nitrogens with zero attached hydrogens (tertiary/aromatic N) is 1. The Morgan fingerprint density at radius 1 is 0.667 bits per heavy atom. The minimum atomic E-state index is 0. The zero-order valence-corrected chi connectivity index (χ0v) is 20.2. The summed E-state index contributed by atoms with van der Waals surface area (Å²) in [5.41, 5.74) is 0. The fraction of sp³-hybridized carbons (Fsp3) is 0.920. The van der Waals surface area contributed by atoms with Crippen molar-refractivity contribution in [2.75, 3.05) is 20.6 Å². The molecule has 1 atom stereocenters. The number of hydrogen-bond donors (Lipinski definition) is 0. The lowest BCUT2D eigenvalue weighted by Crippen LogP contribution is -3.00. The van der Waals surface area contributed by atoms with Crippen molar-refractivity contribution in [3.63, 3.8) is 0 Å². The molecule has 164 valence electrons. The van der Waals surface area contributed by atoms with Crippen molar-refractivity contribution < 1.29 is 16.9 Å². The molecular formula is C25H52ClN. The number of hydrogen-bond acceptors (Lipinski definition) is 0. The van der Waals surface area contributed by atoms with Gasteiger partial charge in [-0.2, -0.15) is 0 Å². The maximum Gasteiger partial charge on any atom is 0.0968 e. The van der Waals surface area contributed by atoms with Crippen molar-refractivity contribution in [3.05, 3.63) is 12.7 Å². The minimum Gasteiger partial charge on any atom is -1.00 e. The molecule has 0 saturated carbocycles. The predicted octanol–water partition coefficient (Wildman–Crippen LogP) is 5.29. The second kappa shape index (κ2) is 20.7. The molecule has 0 saturated heterocycles. The highest BCUT2D eigenvalue weighted by molar-refractivity contribution is 4.66. The molecule has 0 aliphatic heterocycles. The number of halogens is 1. The summed E-state index contributed by atoms with van der Waals surface area (Å²) >= 11 is 0. The molecule has 0 N–H and O–H groups in total. The van der Waals surface area contributed by atoms with Gasteiger partial charge in [-0.25, -0.2) is 0 Å². The standard InChI is InChI=1S/C25H52N.ClH/c1-6-8-9-10-11-12-13-14-15-16-17-18-19-20-21-22-23-25(3)26(4,5)24-7-2;/h7,25H,2,6,8-24H2,1,3-5H3;1H/q+1;/p-1. The number of rotatable bonds is 20. The number of likely N-dealkylation sites (N-methyl/N-ethyl adjacent to an activating group) is 1. The Balaban J connectivity index is 0. The van der Waals surface area contributed by atoms with E-state index in [0.717, 1.165) is 17.1 Å². The van der Waals surface area contributed by atoms with Gasteiger partial charge in [-0.15, -0.1) is 0 Å². The largest absolute Gasteiger partial charge is 1.00 e. The van der Waals surface area contributed by atoms with E-state index in [4.69, 9.17) is 0 Å². The van der Waals surface area contributed by atoms with E-state index >= 15 is 0 Å². The Morgan fingerprint density at radius 3 is 1.33 bits per heavy atom. The summed E-state index contributed by atoms with van der Waals surface area (Å²) < 4.78 is 1.09. The van der Waals surface area contributed by atoms with Crippen LogP contribution in [0.25, 0.3) is 0 Å². The molecule has 0 amide bonds. The molecule has 0 spiro atoms. The van der Waals surface area contributed by atoms with Gasteiger partial charge >= 0.3 is 0 Å². The first-order valence-corrected chi connectivity index (χ1v) is 12.0. The van der Waals surface area contributed by atoms with Crippen LogP contribution in [0.4, 0.5) is 0 Å². The van der Waals surface area contributed by atoms with E-state index < -0.39 is 0 Å². The summed E-state index contributed by atoms with van der Waals surface area (Å²) in [4.78, 5) is 0. The number of quaternary nitrogens is 1. The van der Waals surface area contributed by atoms with Gasteiger partial charge in [0.05, 0.1) is 26.7 Å². The first kappa shape index (κ1) is 29.2. The quantitative estimate of drug-likeness (QED) is 0.147. The molecule has 0 bridgehead atoms. The topological polar surface area (TPSA) is 0 Å². The molecule has 0 radical (unpaired) electrons. The van der Waals surface area contributed by atoms with Gasteiger partial charge in [0.2, 0.25) is 0 Å². The third-order valence-corrected chi connectivity index (χ3v) is 6.27. The zero-order chi connectivity index (χ0) is 19.5. The number of unbranched alkanes of at least 4 members (excludes halogenated alkanes) is 15. The molecule has 0 heterocycles. The summed E-state index contributed by atoms with van der Waals surface area (Å²) in [5, 5.41) is 0. The van der Waals surface area contributed by atoms with E-state index in [1.54, 1.807) is 0 Å². The Labute approximate surface area is 179 Å². The SMILES string of the molecule is C=CC[N+](C)(C)C(C)CCCCCCCCCCCCCCCCCC.[Cl-]. The first-order chi connectivity index (χ1) is 12.5. The van der Waals surface area contributed by atoms with E-state index in [-0.39, 0.29) is 12.4 Å².